The Morgan fingerprint density at radius 2 is 1.92 bits per heavy atom. The third kappa shape index (κ3) is 4.90. The fourth-order valence-corrected chi connectivity index (χ4v) is 3.96. The number of amides is 1. The van der Waals surface area contributed by atoms with Gasteiger partial charge < -0.3 is 5.32 Å². The molecule has 0 bridgehead atoms. The lowest BCUT2D eigenvalue weighted by Crippen LogP contribution is -2.28. The molecule has 1 amide bonds. The molecular formula is C19H17FN2OS2. The zero-order valence-electron chi connectivity index (χ0n) is 13.6. The standard InChI is InChI=1S/C19H17FN2OS2/c1-13(14-7-9-16(20)10-8-14)21-18(23)12-25-19-22-17(11-24-19)15-5-3-2-4-6-15/h2-11,13H,12H2,1H3,(H,21,23)/t13-/m1/s1. The predicted octanol–water partition coefficient (Wildman–Crippen LogP) is 4.92. The van der Waals surface area contributed by atoms with Crippen LogP contribution < -0.4 is 5.32 Å². The number of nitrogens with one attached hydrogen (secondary N) is 1. The van der Waals surface area contributed by atoms with Crippen LogP contribution in [-0.4, -0.2) is 16.6 Å². The fourth-order valence-electron chi connectivity index (χ4n) is 2.31. The monoisotopic (exact) mass is 372 g/mol. The van der Waals surface area contributed by atoms with Crippen molar-refractivity contribution in [3.63, 3.8) is 0 Å². The molecule has 25 heavy (non-hydrogen) atoms. The van der Waals surface area contributed by atoms with Gasteiger partial charge in [-0.2, -0.15) is 0 Å². The minimum atomic E-state index is -0.282. The summed E-state index contributed by atoms with van der Waals surface area (Å²) in [4.78, 5) is 16.7. The summed E-state index contributed by atoms with van der Waals surface area (Å²) in [5, 5.41) is 4.92. The molecule has 128 valence electrons. The van der Waals surface area contributed by atoms with E-state index in [0.29, 0.717) is 5.75 Å². The zero-order valence-corrected chi connectivity index (χ0v) is 15.2. The Bertz CT molecular complexity index is 834. The molecule has 0 saturated carbocycles. The van der Waals surface area contributed by atoms with Crippen molar-refractivity contribution in [1.82, 2.24) is 10.3 Å². The number of nitrogens with zero attached hydrogens (tertiary/aromatic N) is 1. The minimum absolute atomic E-state index is 0.0710. The number of hydrogen-bond acceptors (Lipinski definition) is 4. The molecule has 1 aromatic heterocycles. The van der Waals surface area contributed by atoms with E-state index in [0.717, 1.165) is 21.2 Å². The van der Waals surface area contributed by atoms with Gasteiger partial charge in [-0.15, -0.1) is 11.3 Å². The van der Waals surface area contributed by atoms with E-state index in [1.54, 1.807) is 12.1 Å². The van der Waals surface area contributed by atoms with E-state index in [4.69, 9.17) is 0 Å². The van der Waals surface area contributed by atoms with Crippen LogP contribution in [0.3, 0.4) is 0 Å². The quantitative estimate of drug-likeness (QED) is 0.625. The third-order valence-corrected chi connectivity index (χ3v) is 5.65. The van der Waals surface area contributed by atoms with Crippen LogP contribution in [0.2, 0.25) is 0 Å². The number of rotatable bonds is 6. The number of thioether (sulfide) groups is 1. The summed E-state index contributed by atoms with van der Waals surface area (Å²) >= 11 is 2.95. The van der Waals surface area contributed by atoms with Crippen molar-refractivity contribution in [2.24, 2.45) is 0 Å². The summed E-state index contributed by atoms with van der Waals surface area (Å²) in [5.74, 6) is -0.0538. The molecule has 0 radical (unpaired) electrons. The van der Waals surface area contributed by atoms with Gasteiger partial charge in [-0.3, -0.25) is 4.79 Å². The summed E-state index contributed by atoms with van der Waals surface area (Å²) < 4.78 is 13.8. The number of benzene rings is 2. The Morgan fingerprint density at radius 1 is 1.20 bits per heavy atom. The highest BCUT2D eigenvalue weighted by molar-refractivity contribution is 8.01. The molecule has 0 saturated heterocycles. The lowest BCUT2D eigenvalue weighted by atomic mass is 10.1. The van der Waals surface area contributed by atoms with Crippen LogP contribution in [0.4, 0.5) is 4.39 Å². The predicted molar refractivity (Wildman–Crippen MR) is 101 cm³/mol. The summed E-state index contributed by atoms with van der Waals surface area (Å²) in [6.45, 7) is 1.88. The average molecular weight is 372 g/mol. The van der Waals surface area contributed by atoms with Crippen LogP contribution >= 0.6 is 23.1 Å². The van der Waals surface area contributed by atoms with Gasteiger partial charge in [0, 0.05) is 10.9 Å². The first kappa shape index (κ1) is 17.6. The highest BCUT2D eigenvalue weighted by Crippen LogP contribution is 2.28. The molecule has 0 fully saturated rings. The van der Waals surface area contributed by atoms with Gasteiger partial charge in [-0.25, -0.2) is 9.37 Å². The molecule has 2 aromatic carbocycles. The first-order chi connectivity index (χ1) is 12.1. The molecule has 1 N–H and O–H groups in total. The van der Waals surface area contributed by atoms with Crippen molar-refractivity contribution in [1.29, 1.82) is 0 Å². The maximum Gasteiger partial charge on any atom is 0.230 e. The number of thiazole rings is 1. The zero-order chi connectivity index (χ0) is 17.6. The molecule has 0 aliphatic rings. The largest absolute Gasteiger partial charge is 0.349 e. The lowest BCUT2D eigenvalue weighted by molar-refractivity contribution is -0.119. The van der Waals surface area contributed by atoms with Gasteiger partial charge in [-0.05, 0) is 24.6 Å². The van der Waals surface area contributed by atoms with Crippen LogP contribution in [0.15, 0.2) is 64.3 Å². The van der Waals surface area contributed by atoms with Crippen LogP contribution in [0.25, 0.3) is 11.3 Å². The van der Waals surface area contributed by atoms with E-state index in [1.165, 1.54) is 35.2 Å². The second kappa shape index (κ2) is 8.27. The molecule has 1 heterocycles. The molecule has 1 atom stereocenters. The molecule has 0 aliphatic carbocycles. The minimum Gasteiger partial charge on any atom is -0.349 e. The summed E-state index contributed by atoms with van der Waals surface area (Å²) in [6.07, 6.45) is 0. The highest BCUT2D eigenvalue weighted by Gasteiger charge is 2.12. The topological polar surface area (TPSA) is 42.0 Å². The Labute approximate surface area is 154 Å². The average Bonchev–Trinajstić information content (AvgIpc) is 3.10. The molecular weight excluding hydrogens is 355 g/mol. The van der Waals surface area contributed by atoms with E-state index < -0.39 is 0 Å². The van der Waals surface area contributed by atoms with Gasteiger partial charge in [0.25, 0.3) is 0 Å². The maximum absolute atomic E-state index is 12.9. The van der Waals surface area contributed by atoms with Crippen molar-refractivity contribution >= 4 is 29.0 Å². The first-order valence-corrected chi connectivity index (χ1v) is 9.67. The van der Waals surface area contributed by atoms with Gasteiger partial charge in [-0.1, -0.05) is 54.2 Å². The van der Waals surface area contributed by atoms with Crippen LogP contribution in [0.5, 0.6) is 0 Å². The van der Waals surface area contributed by atoms with Crippen molar-refractivity contribution in [2.45, 2.75) is 17.3 Å². The number of carbonyl (C=O) groups excluding carboxylic acids is 1. The Hall–Kier alpha value is -2.18. The Balaban J connectivity index is 1.52. The molecule has 0 aliphatic heterocycles. The van der Waals surface area contributed by atoms with Crippen LogP contribution in [0, 0.1) is 5.82 Å². The normalized spacial score (nSPS) is 11.9. The maximum atomic E-state index is 12.9. The van der Waals surface area contributed by atoms with E-state index >= 15 is 0 Å². The van der Waals surface area contributed by atoms with Gasteiger partial charge in [0.2, 0.25) is 5.91 Å². The Morgan fingerprint density at radius 3 is 2.64 bits per heavy atom. The summed E-state index contributed by atoms with van der Waals surface area (Å²) in [7, 11) is 0. The molecule has 0 spiro atoms. The Kier molecular flexibility index (Phi) is 5.83. The number of carbonyl (C=O) groups is 1. The van der Waals surface area contributed by atoms with E-state index in [1.807, 2.05) is 42.6 Å². The molecule has 3 aromatic rings. The highest BCUT2D eigenvalue weighted by atomic mass is 32.2. The second-order valence-electron chi connectivity index (χ2n) is 5.49. The SMILES string of the molecule is C[C@@H](NC(=O)CSc1nc(-c2ccccc2)cs1)c1ccc(F)cc1. The van der Waals surface area contributed by atoms with E-state index in [2.05, 4.69) is 10.3 Å². The van der Waals surface area contributed by atoms with Crippen LogP contribution in [0.1, 0.15) is 18.5 Å². The second-order valence-corrected chi connectivity index (χ2v) is 7.57. The molecule has 3 nitrogen and oxygen atoms in total. The smallest absolute Gasteiger partial charge is 0.230 e. The molecule has 3 rings (SSSR count). The number of halogens is 1. The van der Waals surface area contributed by atoms with Crippen LogP contribution in [-0.2, 0) is 4.79 Å². The summed E-state index contributed by atoms with van der Waals surface area (Å²) in [6, 6.07) is 15.9. The van der Waals surface area contributed by atoms with Gasteiger partial charge in [0.05, 0.1) is 17.5 Å². The molecule has 6 heteroatoms. The third-order valence-electron chi connectivity index (χ3n) is 3.63. The molecule has 0 unspecified atom stereocenters. The van der Waals surface area contributed by atoms with E-state index in [-0.39, 0.29) is 17.8 Å². The van der Waals surface area contributed by atoms with Gasteiger partial charge in [0.1, 0.15) is 5.82 Å². The van der Waals surface area contributed by atoms with Gasteiger partial charge >= 0.3 is 0 Å². The van der Waals surface area contributed by atoms with Crippen molar-refractivity contribution in [3.8, 4) is 11.3 Å². The number of aromatic nitrogens is 1. The van der Waals surface area contributed by atoms with Gasteiger partial charge in [0.15, 0.2) is 4.34 Å². The summed E-state index contributed by atoms with van der Waals surface area (Å²) in [5.41, 5.74) is 2.87. The lowest BCUT2D eigenvalue weighted by Gasteiger charge is -2.13. The van der Waals surface area contributed by atoms with Crippen molar-refractivity contribution in [3.05, 3.63) is 71.4 Å². The van der Waals surface area contributed by atoms with E-state index in [9.17, 15) is 9.18 Å². The fraction of sp³-hybridized carbons (Fsp3) is 0.158. The number of hydrogen-bond donors (Lipinski definition) is 1. The first-order valence-electron chi connectivity index (χ1n) is 7.80. The van der Waals surface area contributed by atoms with Crippen molar-refractivity contribution < 1.29 is 9.18 Å². The van der Waals surface area contributed by atoms with Crippen molar-refractivity contribution in [2.75, 3.05) is 5.75 Å².